The topological polar surface area (TPSA) is 80.1 Å². The Labute approximate surface area is 107 Å². The fourth-order valence-corrected chi connectivity index (χ4v) is 0. The number of hydrogen-bond donors (Lipinski definition) is 0. The van der Waals surface area contributed by atoms with Crippen molar-refractivity contribution in [1.29, 1.82) is 0 Å². The molecule has 0 heterocycles. The van der Waals surface area contributed by atoms with Crippen molar-refractivity contribution in [2.45, 2.75) is 0 Å². The van der Waals surface area contributed by atoms with E-state index in [9.17, 15) is 0 Å². The number of hydrogen-bond acceptors (Lipinski definition) is 1. The molecule has 0 radical (unpaired) electrons. The maximum absolute atomic E-state index is 8.28. The predicted octanol–water partition coefficient (Wildman–Crippen LogP) is -2.73. The second-order valence-corrected chi connectivity index (χ2v) is 0. The molecule has 0 aliphatic rings. The summed E-state index contributed by atoms with van der Waals surface area (Å²) in [5.74, 6) is 0. The maximum atomic E-state index is 8.28. The van der Waals surface area contributed by atoms with Gasteiger partial charge in [-0.1, -0.05) is 0 Å². The molecule has 0 bridgehead atoms. The molecule has 0 atom stereocenters. The zero-order valence-electron chi connectivity index (χ0n) is 7.53. The molecule has 0 aliphatic carbocycles. The van der Waals surface area contributed by atoms with Crippen LogP contribution in [0.5, 0.6) is 0 Å². The van der Waals surface area contributed by atoms with Gasteiger partial charge in [0.15, 0.2) is 0 Å². The first-order chi connectivity index (χ1) is 1.00. The van der Waals surface area contributed by atoms with Crippen molar-refractivity contribution in [2.24, 2.45) is 0 Å². The summed E-state index contributed by atoms with van der Waals surface area (Å²) >= 11 is 0.611. The van der Waals surface area contributed by atoms with Crippen LogP contribution in [-0.4, -0.2) is 99.1 Å². The number of rotatable bonds is 0. The molecule has 6 heteroatoms. The molecule has 6 heavy (non-hydrogen) atoms. The van der Waals surface area contributed by atoms with E-state index in [-0.39, 0.29) is 88.6 Å². The SMILES string of the molecule is O.O.[Ba+2].[H-].[H-].[H-].[H-].[Mg+2].[O]=[AlH]. The van der Waals surface area contributed by atoms with Crippen molar-refractivity contribution in [3.63, 3.8) is 0 Å². The van der Waals surface area contributed by atoms with Crippen LogP contribution >= 0.6 is 0 Å². The molecular formula is H9AlBaMgO3. The first-order valence-electron chi connectivity index (χ1n) is 0.289. The molecule has 0 aromatic carbocycles. The third kappa shape index (κ3) is 30.7. The Bertz CT molecular complexity index is 20.5. The van der Waals surface area contributed by atoms with Gasteiger partial charge in [0.2, 0.25) is 0 Å². The Morgan fingerprint density at radius 3 is 1.17 bits per heavy atom. The van der Waals surface area contributed by atoms with E-state index in [0.29, 0.717) is 16.2 Å². The summed E-state index contributed by atoms with van der Waals surface area (Å²) in [4.78, 5) is 0. The molecular weight excluding hydrogens is 237 g/mol. The minimum absolute atomic E-state index is 0. The van der Waals surface area contributed by atoms with Crippen LogP contribution in [0.4, 0.5) is 0 Å². The average Bonchev–Trinajstić information content (AvgIpc) is 1.00. The van der Waals surface area contributed by atoms with Gasteiger partial charge in [0.25, 0.3) is 0 Å². The van der Waals surface area contributed by atoms with E-state index in [2.05, 4.69) is 0 Å². The zero-order chi connectivity index (χ0) is 2.00. The second kappa shape index (κ2) is 49.1. The second-order valence-electron chi connectivity index (χ2n) is 0. The Kier molecular flexibility index (Phi) is 314. The van der Waals surface area contributed by atoms with Crippen LogP contribution in [0, 0.1) is 0 Å². The fraction of sp³-hybridized carbons (Fsp3) is 0. The van der Waals surface area contributed by atoms with Crippen LogP contribution < -0.4 is 0 Å². The van der Waals surface area contributed by atoms with Gasteiger partial charge in [-0.15, -0.1) is 0 Å². The molecule has 0 aromatic rings. The molecule has 0 saturated heterocycles. The molecule has 34 valence electrons. The quantitative estimate of drug-likeness (QED) is 0.427. The van der Waals surface area contributed by atoms with E-state index in [0.717, 1.165) is 0 Å². The van der Waals surface area contributed by atoms with E-state index < -0.39 is 0 Å². The molecule has 0 spiro atoms. The van der Waals surface area contributed by atoms with Crippen molar-refractivity contribution in [3.8, 4) is 0 Å². The van der Waals surface area contributed by atoms with Gasteiger partial charge in [0.05, 0.1) is 0 Å². The zero-order valence-corrected chi connectivity index (χ0v) is 10.8. The van der Waals surface area contributed by atoms with Gasteiger partial charge >= 0.3 is 92.0 Å². The van der Waals surface area contributed by atoms with Crippen molar-refractivity contribution >= 4 is 88.2 Å². The fourth-order valence-electron chi connectivity index (χ4n) is 0. The molecule has 0 aromatic heterocycles. The molecule has 0 amide bonds. The van der Waals surface area contributed by atoms with Crippen molar-refractivity contribution in [3.05, 3.63) is 0 Å². The van der Waals surface area contributed by atoms with E-state index in [4.69, 9.17) is 3.80 Å². The van der Waals surface area contributed by atoms with Gasteiger partial charge in [0.1, 0.15) is 0 Å². The third-order valence-corrected chi connectivity index (χ3v) is 0. The van der Waals surface area contributed by atoms with Gasteiger partial charge < -0.3 is 16.7 Å². The molecule has 0 aliphatic heterocycles. The van der Waals surface area contributed by atoms with E-state index >= 15 is 0 Å². The summed E-state index contributed by atoms with van der Waals surface area (Å²) < 4.78 is 8.28. The predicted molar refractivity (Wildman–Crippen MR) is 31.0 cm³/mol. The summed E-state index contributed by atoms with van der Waals surface area (Å²) in [6, 6.07) is 0. The average molecular weight is 246 g/mol. The Morgan fingerprint density at radius 1 is 1.17 bits per heavy atom. The van der Waals surface area contributed by atoms with Crippen LogP contribution in [0.15, 0.2) is 0 Å². The van der Waals surface area contributed by atoms with E-state index in [1.54, 1.807) is 0 Å². The van der Waals surface area contributed by atoms with E-state index in [1.807, 2.05) is 0 Å². The minimum atomic E-state index is 0. The standard InChI is InChI=1S/Al.Ba.Mg.2H2O.O.5H/h;;;2*1H2;;;;;;/q;2*+2;;;;;4*-1. The molecule has 3 nitrogen and oxygen atoms in total. The van der Waals surface area contributed by atoms with Crippen LogP contribution in [-0.2, 0) is 3.80 Å². The van der Waals surface area contributed by atoms with Crippen molar-refractivity contribution in [1.82, 2.24) is 0 Å². The van der Waals surface area contributed by atoms with Gasteiger partial charge in [-0.2, -0.15) is 0 Å². The summed E-state index contributed by atoms with van der Waals surface area (Å²) in [6.07, 6.45) is 0. The molecule has 0 fully saturated rings. The van der Waals surface area contributed by atoms with Crippen LogP contribution in [0.3, 0.4) is 0 Å². The first kappa shape index (κ1) is 38.4. The Balaban J connectivity index is -0.000000000179. The summed E-state index contributed by atoms with van der Waals surface area (Å²) in [5.41, 5.74) is 0. The van der Waals surface area contributed by atoms with Crippen molar-refractivity contribution < 1.29 is 20.5 Å². The third-order valence-electron chi connectivity index (χ3n) is 0. The Hall–Kier alpha value is 2.59. The molecule has 4 N–H and O–H groups in total. The molecule has 0 rings (SSSR count). The normalized spacial score (nSPS) is 0.500. The monoisotopic (exact) mass is 246 g/mol. The first-order valence-corrected chi connectivity index (χ1v) is 0.866. The van der Waals surface area contributed by atoms with E-state index in [1.165, 1.54) is 0 Å². The van der Waals surface area contributed by atoms with Crippen LogP contribution in [0.1, 0.15) is 5.71 Å². The van der Waals surface area contributed by atoms with Gasteiger partial charge in [-0.3, -0.25) is 0 Å². The summed E-state index contributed by atoms with van der Waals surface area (Å²) in [6.45, 7) is 0. The van der Waals surface area contributed by atoms with Crippen LogP contribution in [0.2, 0.25) is 0 Å². The van der Waals surface area contributed by atoms with Gasteiger partial charge in [-0.05, 0) is 0 Å². The van der Waals surface area contributed by atoms with Crippen LogP contribution in [0.25, 0.3) is 0 Å². The molecule has 0 saturated carbocycles. The van der Waals surface area contributed by atoms with Gasteiger partial charge in [-0.25, -0.2) is 0 Å². The van der Waals surface area contributed by atoms with Gasteiger partial charge in [0, 0.05) is 0 Å². The summed E-state index contributed by atoms with van der Waals surface area (Å²) in [7, 11) is 0. The van der Waals surface area contributed by atoms with Crippen molar-refractivity contribution in [2.75, 3.05) is 0 Å². The molecule has 0 unspecified atom stereocenters. The Morgan fingerprint density at radius 2 is 1.17 bits per heavy atom. The summed E-state index contributed by atoms with van der Waals surface area (Å²) in [5, 5.41) is 0.